The third kappa shape index (κ3) is 5.62. The number of nitrogens with zero attached hydrogens (tertiary/aromatic N) is 4. The lowest BCUT2D eigenvalue weighted by Gasteiger charge is -2.43. The van der Waals surface area contributed by atoms with Gasteiger partial charge in [0.25, 0.3) is 12.3 Å². The Hall–Kier alpha value is -4.03. The van der Waals surface area contributed by atoms with Crippen LogP contribution in [0.2, 0.25) is 0 Å². The summed E-state index contributed by atoms with van der Waals surface area (Å²) in [6.07, 6.45) is -3.11. The van der Waals surface area contributed by atoms with Crippen LogP contribution in [-0.2, 0) is 11.2 Å². The largest absolute Gasteiger partial charge is 0.496 e. The number of alkyl halides is 4. The Morgan fingerprint density at radius 3 is 2.56 bits per heavy atom. The van der Waals surface area contributed by atoms with Crippen molar-refractivity contribution in [3.8, 4) is 22.8 Å². The monoisotopic (exact) mass is 578 g/mol. The molecule has 0 saturated carbocycles. The lowest BCUT2D eigenvalue weighted by Crippen LogP contribution is -2.64. The fourth-order valence-electron chi connectivity index (χ4n) is 4.94. The molecule has 2 aliphatic heterocycles. The number of aromatic nitrogens is 2. The van der Waals surface area contributed by atoms with E-state index >= 15 is 4.39 Å². The molecular formula is C28H30F4N4O5. The first-order chi connectivity index (χ1) is 19.3. The summed E-state index contributed by atoms with van der Waals surface area (Å²) in [5.74, 6) is -0.331. The van der Waals surface area contributed by atoms with E-state index in [0.29, 0.717) is 33.1 Å². The molecule has 9 nitrogen and oxygen atoms in total. The van der Waals surface area contributed by atoms with Crippen molar-refractivity contribution >= 4 is 17.6 Å². The van der Waals surface area contributed by atoms with Gasteiger partial charge < -0.3 is 24.0 Å². The predicted octanol–water partition coefficient (Wildman–Crippen LogP) is 4.91. The van der Waals surface area contributed by atoms with Crippen molar-refractivity contribution in [1.29, 1.82) is 0 Å². The third-order valence-electron chi connectivity index (χ3n) is 6.88. The molecule has 1 fully saturated rings. The molecule has 1 atom stereocenters. The van der Waals surface area contributed by atoms with Crippen molar-refractivity contribution in [1.82, 2.24) is 19.2 Å². The van der Waals surface area contributed by atoms with Gasteiger partial charge in [0.05, 0.1) is 37.7 Å². The van der Waals surface area contributed by atoms with E-state index in [2.05, 4.69) is 4.98 Å². The van der Waals surface area contributed by atoms with E-state index in [1.165, 1.54) is 12.0 Å². The predicted molar refractivity (Wildman–Crippen MR) is 140 cm³/mol. The van der Waals surface area contributed by atoms with Crippen LogP contribution in [0.25, 0.3) is 16.9 Å². The standard InChI is InChI=1S/C28H30F4N4O5/c1-27(2,3)41-26(38)34-13-28(32,14-34)15-40-18-6-8-35-19(12-33-21(35)11-18)17-9-16-5-7-36(24(31)23(29)30)25(37)22(16)20(10-17)39-4/h6,8-12,23-24H,5,7,13-15H2,1-4H3. The first kappa shape index (κ1) is 28.5. The van der Waals surface area contributed by atoms with Crippen molar-refractivity contribution in [3.05, 3.63) is 47.8 Å². The molecule has 0 aliphatic carbocycles. The van der Waals surface area contributed by atoms with E-state index in [0.717, 1.165) is 0 Å². The van der Waals surface area contributed by atoms with Gasteiger partial charge in [-0.05, 0) is 51.0 Å². The highest BCUT2D eigenvalue weighted by Gasteiger charge is 2.48. The van der Waals surface area contributed by atoms with Gasteiger partial charge in [-0.1, -0.05) is 0 Å². The molecule has 2 aliphatic rings. The number of hydrogen-bond donors (Lipinski definition) is 0. The van der Waals surface area contributed by atoms with Crippen LogP contribution in [0.1, 0.15) is 36.7 Å². The van der Waals surface area contributed by atoms with Gasteiger partial charge in [-0.25, -0.2) is 27.3 Å². The molecule has 5 rings (SSSR count). The van der Waals surface area contributed by atoms with Gasteiger partial charge in [0.2, 0.25) is 6.30 Å². The first-order valence-electron chi connectivity index (χ1n) is 13.0. The van der Waals surface area contributed by atoms with Crippen LogP contribution in [0.3, 0.4) is 0 Å². The fourth-order valence-corrected chi connectivity index (χ4v) is 4.94. The van der Waals surface area contributed by atoms with Crippen LogP contribution in [0.5, 0.6) is 11.5 Å². The molecule has 13 heteroatoms. The molecule has 3 aromatic rings. The van der Waals surface area contributed by atoms with Crippen LogP contribution in [-0.4, -0.2) is 88.5 Å². The normalized spacial score (nSPS) is 17.3. The fraction of sp³-hybridized carbons (Fsp3) is 0.464. The van der Waals surface area contributed by atoms with Crippen molar-refractivity contribution < 1.29 is 41.4 Å². The molecule has 1 aromatic carbocycles. The highest BCUT2D eigenvalue weighted by Crippen LogP contribution is 2.36. The van der Waals surface area contributed by atoms with E-state index in [-0.39, 0.29) is 44.0 Å². The van der Waals surface area contributed by atoms with Crippen molar-refractivity contribution in [2.45, 2.75) is 51.2 Å². The van der Waals surface area contributed by atoms with Gasteiger partial charge in [-0.3, -0.25) is 9.20 Å². The lowest BCUT2D eigenvalue weighted by molar-refractivity contribution is -0.0685. The quantitative estimate of drug-likeness (QED) is 0.293. The highest BCUT2D eigenvalue weighted by molar-refractivity contribution is 6.00. The number of rotatable bonds is 7. The number of hydrogen-bond acceptors (Lipinski definition) is 6. The van der Waals surface area contributed by atoms with Gasteiger partial charge in [-0.15, -0.1) is 0 Å². The molecule has 41 heavy (non-hydrogen) atoms. The Balaban J connectivity index is 1.30. The second-order valence-corrected chi connectivity index (χ2v) is 11.2. The molecule has 1 unspecified atom stereocenters. The smallest absolute Gasteiger partial charge is 0.410 e. The van der Waals surface area contributed by atoms with Crippen molar-refractivity contribution in [2.24, 2.45) is 0 Å². The van der Waals surface area contributed by atoms with Crippen molar-refractivity contribution in [3.63, 3.8) is 0 Å². The van der Waals surface area contributed by atoms with Crippen molar-refractivity contribution in [2.75, 3.05) is 33.4 Å². The van der Waals surface area contributed by atoms with E-state index in [4.69, 9.17) is 14.2 Å². The number of methoxy groups -OCH3 is 1. The molecule has 0 N–H and O–H groups in total. The van der Waals surface area contributed by atoms with Gasteiger partial charge in [-0.2, -0.15) is 0 Å². The molecular weight excluding hydrogens is 548 g/mol. The molecule has 0 bridgehead atoms. The number of benzene rings is 1. The number of carbonyl (C=O) groups excluding carboxylic acids is 2. The second-order valence-electron chi connectivity index (χ2n) is 11.2. The highest BCUT2D eigenvalue weighted by atomic mass is 19.3. The average molecular weight is 579 g/mol. The van der Waals surface area contributed by atoms with E-state index in [1.807, 2.05) is 0 Å². The number of pyridine rings is 1. The minimum atomic E-state index is -3.31. The van der Waals surface area contributed by atoms with Crippen LogP contribution < -0.4 is 9.47 Å². The maximum Gasteiger partial charge on any atom is 0.410 e. The van der Waals surface area contributed by atoms with Crippen LogP contribution in [0, 0.1) is 0 Å². The summed E-state index contributed by atoms with van der Waals surface area (Å²) in [5, 5.41) is 0. The van der Waals surface area contributed by atoms with Crippen LogP contribution in [0.4, 0.5) is 22.4 Å². The van der Waals surface area contributed by atoms with E-state index in [1.54, 1.807) is 61.8 Å². The summed E-state index contributed by atoms with van der Waals surface area (Å²) in [6, 6.07) is 6.59. The third-order valence-corrected chi connectivity index (χ3v) is 6.88. The molecule has 2 aromatic heterocycles. The second kappa shape index (κ2) is 10.4. The zero-order valence-corrected chi connectivity index (χ0v) is 23.0. The topological polar surface area (TPSA) is 85.6 Å². The van der Waals surface area contributed by atoms with Gasteiger partial charge in [0.1, 0.15) is 29.4 Å². The maximum atomic E-state index is 15.0. The Bertz CT molecular complexity index is 1460. The average Bonchev–Trinajstić information content (AvgIpc) is 3.31. The molecule has 220 valence electrons. The summed E-state index contributed by atoms with van der Waals surface area (Å²) in [7, 11) is 1.34. The molecule has 0 radical (unpaired) electrons. The Morgan fingerprint density at radius 1 is 1.17 bits per heavy atom. The lowest BCUT2D eigenvalue weighted by atomic mass is 9.94. The first-order valence-corrected chi connectivity index (χ1v) is 13.0. The van der Waals surface area contributed by atoms with E-state index in [9.17, 15) is 22.8 Å². The Morgan fingerprint density at radius 2 is 1.90 bits per heavy atom. The Kier molecular flexibility index (Phi) is 7.24. The number of likely N-dealkylation sites (tertiary alicyclic amines) is 1. The molecule has 1 saturated heterocycles. The molecule has 4 heterocycles. The number of amides is 2. The van der Waals surface area contributed by atoms with E-state index < -0.39 is 36.0 Å². The number of fused-ring (bicyclic) bond motifs is 2. The zero-order valence-electron chi connectivity index (χ0n) is 23.0. The van der Waals surface area contributed by atoms with Gasteiger partial charge in [0.15, 0.2) is 5.67 Å². The summed E-state index contributed by atoms with van der Waals surface area (Å²) >= 11 is 0. The molecule has 2 amide bonds. The SMILES string of the molecule is COc1cc(-c2cnc3cc(OCC4(F)CN(C(=O)OC(C)(C)C)C4)ccn23)cc2c1C(=O)N(C(F)C(F)F)CC2. The zero-order chi connectivity index (χ0) is 29.7. The summed E-state index contributed by atoms with van der Waals surface area (Å²) in [5.41, 5.74) is 0.0288. The summed E-state index contributed by atoms with van der Waals surface area (Å²) < 4.78 is 73.0. The minimum absolute atomic E-state index is 0.0525. The summed E-state index contributed by atoms with van der Waals surface area (Å²) in [4.78, 5) is 31.1. The van der Waals surface area contributed by atoms with Crippen LogP contribution in [0.15, 0.2) is 36.7 Å². The van der Waals surface area contributed by atoms with Gasteiger partial charge >= 0.3 is 6.09 Å². The van der Waals surface area contributed by atoms with Gasteiger partial charge in [0, 0.05) is 24.4 Å². The summed E-state index contributed by atoms with van der Waals surface area (Å²) in [6.45, 7) is 4.51. The minimum Gasteiger partial charge on any atom is -0.496 e. The Labute approximate surface area is 233 Å². The number of halogens is 4. The van der Waals surface area contributed by atoms with Crippen LogP contribution >= 0.6 is 0 Å². The number of imidazole rings is 1. The number of carbonyl (C=O) groups is 2. The molecule has 0 spiro atoms. The number of ether oxygens (including phenoxy) is 3. The maximum absolute atomic E-state index is 15.0.